The Balaban J connectivity index is 2.05. The first-order valence-corrected chi connectivity index (χ1v) is 6.97. The van der Waals surface area contributed by atoms with Crippen LogP contribution in [0.1, 0.15) is 11.4 Å². The first-order chi connectivity index (χ1) is 9.83. The van der Waals surface area contributed by atoms with Crippen molar-refractivity contribution in [3.05, 3.63) is 51.1 Å². The number of nitrogens with one attached hydrogen (secondary N) is 2. The topological polar surface area (TPSA) is 87.3 Å². The number of rotatable bonds is 2. The van der Waals surface area contributed by atoms with E-state index in [0.29, 0.717) is 11.9 Å². The molecule has 4 heterocycles. The van der Waals surface area contributed by atoms with E-state index in [-0.39, 0.29) is 5.56 Å². The maximum Gasteiger partial charge on any atom is 0.288 e. The van der Waals surface area contributed by atoms with E-state index in [9.17, 15) is 4.79 Å². The molecule has 98 valence electrons. The number of thiazole rings is 1. The second-order valence-electron chi connectivity index (χ2n) is 4.45. The molecule has 0 amide bonds. The molecule has 0 aliphatic carbocycles. The van der Waals surface area contributed by atoms with Gasteiger partial charge in [-0.05, 0) is 6.07 Å². The lowest BCUT2D eigenvalue weighted by molar-refractivity contribution is 0.922. The zero-order valence-electron chi connectivity index (χ0n) is 10.3. The largest absolute Gasteiger partial charge is 0.349 e. The van der Waals surface area contributed by atoms with Gasteiger partial charge < -0.3 is 4.98 Å². The van der Waals surface area contributed by atoms with Gasteiger partial charge in [0.05, 0.1) is 28.6 Å². The van der Waals surface area contributed by atoms with Crippen molar-refractivity contribution in [3.8, 4) is 0 Å². The molecule has 6 nitrogen and oxygen atoms in total. The molecule has 2 N–H and O–H groups in total. The number of H-pyrrole nitrogens is 2. The van der Waals surface area contributed by atoms with Crippen molar-refractivity contribution >= 4 is 33.1 Å². The molecule has 0 radical (unpaired) electrons. The van der Waals surface area contributed by atoms with Gasteiger partial charge in [0.1, 0.15) is 5.52 Å². The van der Waals surface area contributed by atoms with Crippen molar-refractivity contribution in [1.29, 1.82) is 0 Å². The van der Waals surface area contributed by atoms with Gasteiger partial charge in [0.2, 0.25) is 0 Å². The molecule has 0 bridgehead atoms. The maximum atomic E-state index is 11.9. The Morgan fingerprint density at radius 2 is 2.30 bits per heavy atom. The van der Waals surface area contributed by atoms with Crippen LogP contribution in [0.5, 0.6) is 0 Å². The number of fused-ring (bicyclic) bond motifs is 3. The average molecular weight is 283 g/mol. The van der Waals surface area contributed by atoms with E-state index in [0.717, 1.165) is 27.7 Å². The number of hydrogen-bond acceptors (Lipinski definition) is 5. The summed E-state index contributed by atoms with van der Waals surface area (Å²) in [5.74, 6) is 0. The van der Waals surface area contributed by atoms with Crippen molar-refractivity contribution in [2.75, 3.05) is 0 Å². The molecule has 0 unspecified atom stereocenters. The van der Waals surface area contributed by atoms with Crippen LogP contribution < -0.4 is 5.56 Å². The smallest absolute Gasteiger partial charge is 0.288 e. The molecule has 4 aromatic rings. The Morgan fingerprint density at radius 3 is 3.15 bits per heavy atom. The van der Waals surface area contributed by atoms with Crippen molar-refractivity contribution in [1.82, 2.24) is 25.1 Å². The third-order valence-electron chi connectivity index (χ3n) is 3.24. The number of hydrogen-bond donors (Lipinski definition) is 2. The first-order valence-electron chi connectivity index (χ1n) is 6.03. The molecule has 0 fully saturated rings. The minimum Gasteiger partial charge on any atom is -0.349 e. The van der Waals surface area contributed by atoms with Crippen LogP contribution in [0.25, 0.3) is 21.8 Å². The zero-order chi connectivity index (χ0) is 13.5. The molecule has 0 spiro atoms. The van der Waals surface area contributed by atoms with Crippen molar-refractivity contribution in [2.45, 2.75) is 6.42 Å². The second kappa shape index (κ2) is 4.24. The standard InChI is InChI=1S/C13H9N5OS/c19-13-12-11(8-1-2-14-4-10(8)16-12)9(17-18-13)3-7-5-20-6-15-7/h1-2,4-6,16H,3H2,(H,18,19). The molecule has 7 heteroatoms. The van der Waals surface area contributed by atoms with Crippen molar-refractivity contribution in [3.63, 3.8) is 0 Å². The van der Waals surface area contributed by atoms with Crippen LogP contribution in [0.2, 0.25) is 0 Å². The van der Waals surface area contributed by atoms with E-state index < -0.39 is 0 Å². The van der Waals surface area contributed by atoms with E-state index in [2.05, 4.69) is 25.1 Å². The molecular formula is C13H9N5OS. The van der Waals surface area contributed by atoms with Gasteiger partial charge in [-0.25, -0.2) is 10.1 Å². The number of aromatic nitrogens is 5. The third-order valence-corrected chi connectivity index (χ3v) is 3.88. The third kappa shape index (κ3) is 1.64. The summed E-state index contributed by atoms with van der Waals surface area (Å²) in [6.07, 6.45) is 4.01. The molecule has 0 atom stereocenters. The fourth-order valence-corrected chi connectivity index (χ4v) is 2.93. The maximum absolute atomic E-state index is 11.9. The summed E-state index contributed by atoms with van der Waals surface area (Å²) in [6.45, 7) is 0. The Hall–Kier alpha value is -2.54. The minimum atomic E-state index is -0.224. The lowest BCUT2D eigenvalue weighted by atomic mass is 10.1. The van der Waals surface area contributed by atoms with Crippen molar-refractivity contribution < 1.29 is 0 Å². The fraction of sp³-hybridized carbons (Fsp3) is 0.0769. The monoisotopic (exact) mass is 283 g/mol. The zero-order valence-corrected chi connectivity index (χ0v) is 11.1. The summed E-state index contributed by atoms with van der Waals surface area (Å²) in [6, 6.07) is 1.89. The van der Waals surface area contributed by atoms with Crippen LogP contribution in [-0.4, -0.2) is 25.1 Å². The van der Waals surface area contributed by atoms with Gasteiger partial charge in [-0.15, -0.1) is 11.3 Å². The van der Waals surface area contributed by atoms with Gasteiger partial charge in [-0.2, -0.15) is 5.10 Å². The van der Waals surface area contributed by atoms with Gasteiger partial charge >= 0.3 is 0 Å². The molecule has 4 rings (SSSR count). The van der Waals surface area contributed by atoms with Crippen LogP contribution in [0.3, 0.4) is 0 Å². The fourth-order valence-electron chi connectivity index (χ4n) is 2.37. The van der Waals surface area contributed by atoms with Crippen LogP contribution in [0.4, 0.5) is 0 Å². The quantitative estimate of drug-likeness (QED) is 0.587. The summed E-state index contributed by atoms with van der Waals surface area (Å²) in [5, 5.41) is 10.5. The predicted octanol–water partition coefficient (Wildman–Crippen LogP) is 1.85. The molecule has 0 aliphatic rings. The highest BCUT2D eigenvalue weighted by molar-refractivity contribution is 7.07. The Kier molecular flexibility index (Phi) is 2.40. The SMILES string of the molecule is O=c1[nH]nc(Cc2cscn2)c2c1[nH]c1cnccc12. The molecule has 4 aromatic heterocycles. The van der Waals surface area contributed by atoms with E-state index in [1.807, 2.05) is 11.4 Å². The van der Waals surface area contributed by atoms with Crippen LogP contribution >= 0.6 is 11.3 Å². The highest BCUT2D eigenvalue weighted by Crippen LogP contribution is 2.25. The second-order valence-corrected chi connectivity index (χ2v) is 5.17. The van der Waals surface area contributed by atoms with Gasteiger partial charge in [0.15, 0.2) is 0 Å². The first kappa shape index (κ1) is 11.3. The number of aromatic amines is 2. The molecular weight excluding hydrogens is 274 g/mol. The predicted molar refractivity (Wildman–Crippen MR) is 76.9 cm³/mol. The van der Waals surface area contributed by atoms with Crippen LogP contribution in [0.15, 0.2) is 34.1 Å². The summed E-state index contributed by atoms with van der Waals surface area (Å²) < 4.78 is 0. The molecule has 0 saturated heterocycles. The normalized spacial score (nSPS) is 11.4. The van der Waals surface area contributed by atoms with Gasteiger partial charge in [0, 0.05) is 28.8 Å². The Bertz CT molecular complexity index is 954. The number of pyridine rings is 1. The Morgan fingerprint density at radius 1 is 1.35 bits per heavy atom. The lowest BCUT2D eigenvalue weighted by Crippen LogP contribution is -2.11. The summed E-state index contributed by atoms with van der Waals surface area (Å²) >= 11 is 1.54. The van der Waals surface area contributed by atoms with Gasteiger partial charge in [-0.1, -0.05) is 0 Å². The van der Waals surface area contributed by atoms with E-state index in [1.54, 1.807) is 29.2 Å². The molecule has 0 saturated carbocycles. The molecule has 20 heavy (non-hydrogen) atoms. The van der Waals surface area contributed by atoms with E-state index in [1.165, 1.54) is 0 Å². The molecule has 0 aromatic carbocycles. The van der Waals surface area contributed by atoms with Crippen LogP contribution in [0, 0.1) is 0 Å². The van der Waals surface area contributed by atoms with Gasteiger partial charge in [-0.3, -0.25) is 9.78 Å². The van der Waals surface area contributed by atoms with Crippen LogP contribution in [-0.2, 0) is 6.42 Å². The summed E-state index contributed by atoms with van der Waals surface area (Å²) in [4.78, 5) is 23.4. The van der Waals surface area contributed by atoms with E-state index in [4.69, 9.17) is 0 Å². The molecule has 0 aliphatic heterocycles. The highest BCUT2D eigenvalue weighted by Gasteiger charge is 2.14. The summed E-state index contributed by atoms with van der Waals surface area (Å²) in [5.41, 5.74) is 4.69. The highest BCUT2D eigenvalue weighted by atomic mass is 32.1. The number of nitrogens with zero attached hydrogens (tertiary/aromatic N) is 3. The van der Waals surface area contributed by atoms with Gasteiger partial charge in [0.25, 0.3) is 5.56 Å². The van der Waals surface area contributed by atoms with Crippen molar-refractivity contribution in [2.24, 2.45) is 0 Å². The minimum absolute atomic E-state index is 0.224. The Labute approximate surface area is 116 Å². The average Bonchev–Trinajstić information content (AvgIpc) is 3.09. The summed E-state index contributed by atoms with van der Waals surface area (Å²) in [7, 11) is 0. The lowest BCUT2D eigenvalue weighted by Gasteiger charge is -2.00. The van der Waals surface area contributed by atoms with E-state index >= 15 is 0 Å².